The quantitative estimate of drug-likeness (QED) is 0.602. The van der Waals surface area contributed by atoms with Gasteiger partial charge in [-0.3, -0.25) is 0 Å². The van der Waals surface area contributed by atoms with Gasteiger partial charge < -0.3 is 0 Å². The molecule has 110 valence electrons. The maximum absolute atomic E-state index is 6.11. The molecule has 0 radical (unpaired) electrons. The summed E-state index contributed by atoms with van der Waals surface area (Å²) in [7, 11) is 0. The minimum Gasteiger partial charge on any atom is -0.218 e. The topological polar surface area (TPSA) is 25.8 Å². The Hall–Kier alpha value is -2.19. The van der Waals surface area contributed by atoms with Crippen molar-refractivity contribution in [3.8, 4) is 22.5 Å². The molecule has 0 aliphatic rings. The number of aryl methyl sites for hydroxylation is 1. The number of hydrogen-bond donors (Lipinski definition) is 0. The van der Waals surface area contributed by atoms with E-state index in [2.05, 4.69) is 41.2 Å². The molecule has 0 spiro atoms. The van der Waals surface area contributed by atoms with E-state index in [0.29, 0.717) is 0 Å². The van der Waals surface area contributed by atoms with E-state index >= 15 is 0 Å². The molecule has 0 bridgehead atoms. The maximum atomic E-state index is 6.11. The molecule has 3 rings (SSSR count). The molecular weight excluding hydrogens is 292 g/mol. The first-order chi connectivity index (χ1) is 10.8. The van der Waals surface area contributed by atoms with Gasteiger partial charge in [0.05, 0.1) is 11.4 Å². The third kappa shape index (κ3) is 3.34. The van der Waals surface area contributed by atoms with Crippen LogP contribution in [0.2, 0.25) is 5.28 Å². The van der Waals surface area contributed by atoms with Crippen molar-refractivity contribution >= 4 is 11.6 Å². The molecule has 0 saturated heterocycles. The second-order valence-corrected chi connectivity index (χ2v) is 5.56. The molecule has 0 saturated carbocycles. The van der Waals surface area contributed by atoms with Gasteiger partial charge in [-0.15, -0.1) is 0 Å². The number of halogens is 1. The first-order valence-electron chi connectivity index (χ1n) is 7.45. The van der Waals surface area contributed by atoms with Crippen LogP contribution in [0.4, 0.5) is 0 Å². The molecule has 1 aromatic heterocycles. The Morgan fingerprint density at radius 1 is 0.818 bits per heavy atom. The Labute approximate surface area is 135 Å². The lowest BCUT2D eigenvalue weighted by Crippen LogP contribution is -1.92. The fraction of sp³-hybridized carbons (Fsp3) is 0.158. The highest BCUT2D eigenvalue weighted by Gasteiger charge is 2.07. The third-order valence-electron chi connectivity index (χ3n) is 3.56. The van der Waals surface area contributed by atoms with Gasteiger partial charge in [-0.1, -0.05) is 67.9 Å². The molecule has 22 heavy (non-hydrogen) atoms. The SMILES string of the molecule is CCCc1ccc(-c2cc(-c3ccccc3)nc(Cl)n2)cc1. The monoisotopic (exact) mass is 308 g/mol. The van der Waals surface area contributed by atoms with Gasteiger partial charge in [0.25, 0.3) is 0 Å². The van der Waals surface area contributed by atoms with Gasteiger partial charge in [-0.05, 0) is 29.7 Å². The first-order valence-corrected chi connectivity index (χ1v) is 7.83. The summed E-state index contributed by atoms with van der Waals surface area (Å²) in [4.78, 5) is 8.69. The van der Waals surface area contributed by atoms with E-state index in [1.807, 2.05) is 36.4 Å². The Morgan fingerprint density at radius 3 is 2.00 bits per heavy atom. The lowest BCUT2D eigenvalue weighted by atomic mass is 10.0. The average Bonchev–Trinajstić information content (AvgIpc) is 2.56. The summed E-state index contributed by atoms with van der Waals surface area (Å²) in [5.74, 6) is 0. The normalized spacial score (nSPS) is 10.6. The van der Waals surface area contributed by atoms with Gasteiger partial charge >= 0.3 is 0 Å². The number of nitrogens with zero attached hydrogens (tertiary/aromatic N) is 2. The maximum Gasteiger partial charge on any atom is 0.223 e. The molecule has 2 nitrogen and oxygen atoms in total. The van der Waals surface area contributed by atoms with E-state index < -0.39 is 0 Å². The van der Waals surface area contributed by atoms with E-state index in [0.717, 1.165) is 35.4 Å². The molecular formula is C19H17ClN2. The number of benzene rings is 2. The van der Waals surface area contributed by atoms with Crippen LogP contribution in [0, 0.1) is 0 Å². The zero-order valence-electron chi connectivity index (χ0n) is 12.5. The minimum atomic E-state index is 0.272. The molecule has 3 aromatic rings. The van der Waals surface area contributed by atoms with Gasteiger partial charge in [0.2, 0.25) is 5.28 Å². The molecule has 0 aliphatic heterocycles. The lowest BCUT2D eigenvalue weighted by Gasteiger charge is -2.07. The second kappa shape index (κ2) is 6.71. The Balaban J connectivity index is 1.99. The van der Waals surface area contributed by atoms with Crippen LogP contribution in [-0.2, 0) is 6.42 Å². The van der Waals surface area contributed by atoms with Crippen molar-refractivity contribution in [1.29, 1.82) is 0 Å². The molecule has 0 amide bonds. The van der Waals surface area contributed by atoms with Crippen LogP contribution in [0.3, 0.4) is 0 Å². The molecule has 0 fully saturated rings. The van der Waals surface area contributed by atoms with Crippen LogP contribution in [-0.4, -0.2) is 9.97 Å². The Kier molecular flexibility index (Phi) is 4.50. The van der Waals surface area contributed by atoms with Crippen LogP contribution in [0.1, 0.15) is 18.9 Å². The fourth-order valence-electron chi connectivity index (χ4n) is 2.45. The molecule has 0 aliphatic carbocycles. The van der Waals surface area contributed by atoms with Crippen molar-refractivity contribution in [3.05, 3.63) is 71.5 Å². The first kappa shape index (κ1) is 14.7. The summed E-state index contributed by atoms with van der Waals surface area (Å²) < 4.78 is 0. The summed E-state index contributed by atoms with van der Waals surface area (Å²) in [6.07, 6.45) is 2.25. The predicted octanol–water partition coefficient (Wildman–Crippen LogP) is 5.42. The van der Waals surface area contributed by atoms with Crippen molar-refractivity contribution in [1.82, 2.24) is 9.97 Å². The molecule has 3 heteroatoms. The second-order valence-electron chi connectivity index (χ2n) is 5.22. The average molecular weight is 309 g/mol. The largest absolute Gasteiger partial charge is 0.223 e. The summed E-state index contributed by atoms with van der Waals surface area (Å²) in [6, 6.07) is 20.5. The van der Waals surface area contributed by atoms with Gasteiger partial charge in [0, 0.05) is 11.1 Å². The van der Waals surface area contributed by atoms with Crippen molar-refractivity contribution < 1.29 is 0 Å². The highest BCUT2D eigenvalue weighted by Crippen LogP contribution is 2.25. The van der Waals surface area contributed by atoms with E-state index in [9.17, 15) is 0 Å². The zero-order valence-corrected chi connectivity index (χ0v) is 13.2. The summed E-state index contributed by atoms with van der Waals surface area (Å²) in [6.45, 7) is 2.18. The van der Waals surface area contributed by atoms with Crippen LogP contribution in [0.5, 0.6) is 0 Å². The van der Waals surface area contributed by atoms with Gasteiger partial charge in [-0.25, -0.2) is 9.97 Å². The summed E-state index contributed by atoms with van der Waals surface area (Å²) in [5.41, 5.74) is 5.13. The molecule has 0 atom stereocenters. The van der Waals surface area contributed by atoms with E-state index in [1.165, 1.54) is 5.56 Å². The van der Waals surface area contributed by atoms with E-state index in [4.69, 9.17) is 11.6 Å². The summed E-state index contributed by atoms with van der Waals surface area (Å²) >= 11 is 6.11. The van der Waals surface area contributed by atoms with Crippen molar-refractivity contribution in [2.45, 2.75) is 19.8 Å². The van der Waals surface area contributed by atoms with E-state index in [1.54, 1.807) is 0 Å². The molecule has 0 unspecified atom stereocenters. The van der Waals surface area contributed by atoms with Crippen LogP contribution in [0.25, 0.3) is 22.5 Å². The van der Waals surface area contributed by atoms with Crippen molar-refractivity contribution in [2.24, 2.45) is 0 Å². The Bertz CT molecular complexity index is 752. The Morgan fingerprint density at radius 2 is 1.41 bits per heavy atom. The smallest absolute Gasteiger partial charge is 0.218 e. The predicted molar refractivity (Wildman–Crippen MR) is 91.9 cm³/mol. The number of rotatable bonds is 4. The van der Waals surface area contributed by atoms with Crippen LogP contribution in [0.15, 0.2) is 60.7 Å². The highest BCUT2D eigenvalue weighted by atomic mass is 35.5. The van der Waals surface area contributed by atoms with Crippen molar-refractivity contribution in [2.75, 3.05) is 0 Å². The highest BCUT2D eigenvalue weighted by molar-refractivity contribution is 6.28. The van der Waals surface area contributed by atoms with Gasteiger partial charge in [-0.2, -0.15) is 0 Å². The summed E-state index contributed by atoms with van der Waals surface area (Å²) in [5, 5.41) is 0.272. The van der Waals surface area contributed by atoms with E-state index in [-0.39, 0.29) is 5.28 Å². The third-order valence-corrected chi connectivity index (χ3v) is 3.73. The number of hydrogen-bond acceptors (Lipinski definition) is 2. The van der Waals surface area contributed by atoms with Gasteiger partial charge in [0.15, 0.2) is 0 Å². The molecule has 1 heterocycles. The lowest BCUT2D eigenvalue weighted by molar-refractivity contribution is 0.922. The molecule has 0 N–H and O–H groups in total. The minimum absolute atomic E-state index is 0.272. The standard InChI is InChI=1S/C19H17ClN2/c1-2-6-14-9-11-16(12-10-14)18-13-17(21-19(20)22-18)15-7-4-3-5-8-15/h3-5,7-13H,2,6H2,1H3. The fourth-order valence-corrected chi connectivity index (χ4v) is 2.64. The van der Waals surface area contributed by atoms with Gasteiger partial charge in [0.1, 0.15) is 0 Å². The molecule has 2 aromatic carbocycles. The zero-order chi connectivity index (χ0) is 15.4. The van der Waals surface area contributed by atoms with Crippen LogP contribution >= 0.6 is 11.6 Å². The number of aromatic nitrogens is 2. The van der Waals surface area contributed by atoms with Crippen LogP contribution < -0.4 is 0 Å². The van der Waals surface area contributed by atoms with Crippen molar-refractivity contribution in [3.63, 3.8) is 0 Å².